The first-order valence-electron chi connectivity index (χ1n) is 7.34. The van der Waals surface area contributed by atoms with Gasteiger partial charge in [-0.05, 0) is 59.2 Å². The molecule has 0 aromatic heterocycles. The van der Waals surface area contributed by atoms with Crippen molar-refractivity contribution in [2.45, 2.75) is 38.5 Å². The number of anilines is 1. The molecule has 1 saturated carbocycles. The minimum Gasteiger partial charge on any atom is -0.456 e. The lowest BCUT2D eigenvalue weighted by atomic mass is 10.0. The van der Waals surface area contributed by atoms with Crippen molar-refractivity contribution >= 4 is 40.2 Å². The fraction of sp³-hybridized carbons (Fsp3) is 0.500. The Morgan fingerprint density at radius 2 is 1.86 bits per heavy atom. The zero-order valence-electron chi connectivity index (χ0n) is 11.9. The minimum absolute atomic E-state index is 0.213. The molecule has 21 heavy (non-hydrogen) atoms. The van der Waals surface area contributed by atoms with E-state index in [0.717, 1.165) is 9.99 Å². The normalized spacial score (nSPS) is 14.9. The average molecular weight is 401 g/mol. The fourth-order valence-electron chi connectivity index (χ4n) is 2.57. The largest absolute Gasteiger partial charge is 0.456 e. The van der Waals surface area contributed by atoms with Crippen molar-refractivity contribution in [3.8, 4) is 0 Å². The molecule has 0 saturated heterocycles. The molecule has 0 atom stereocenters. The number of nitrogens with one attached hydrogen (secondary N) is 1. The second kappa shape index (κ2) is 8.36. The number of esters is 1. The van der Waals surface area contributed by atoms with Gasteiger partial charge in [-0.3, -0.25) is 9.59 Å². The van der Waals surface area contributed by atoms with Gasteiger partial charge in [0.15, 0.2) is 6.61 Å². The van der Waals surface area contributed by atoms with Crippen LogP contribution in [0.4, 0.5) is 5.69 Å². The number of carbonyl (C=O) groups is 2. The van der Waals surface area contributed by atoms with Crippen molar-refractivity contribution in [3.63, 3.8) is 0 Å². The molecular weight excluding hydrogens is 381 g/mol. The van der Waals surface area contributed by atoms with E-state index in [9.17, 15) is 9.59 Å². The molecule has 0 radical (unpaired) electrons. The summed E-state index contributed by atoms with van der Waals surface area (Å²) in [5.41, 5.74) is 0.711. The first-order chi connectivity index (χ1) is 10.1. The lowest BCUT2D eigenvalue weighted by molar-refractivity contribution is -0.147. The van der Waals surface area contributed by atoms with Gasteiger partial charge in [-0.1, -0.05) is 25.7 Å². The van der Waals surface area contributed by atoms with Gasteiger partial charge in [0.05, 0.1) is 0 Å². The van der Waals surface area contributed by atoms with Gasteiger partial charge in [0.2, 0.25) is 0 Å². The van der Waals surface area contributed by atoms with E-state index in [1.165, 1.54) is 25.7 Å². The van der Waals surface area contributed by atoms with Gasteiger partial charge in [0.1, 0.15) is 0 Å². The number of rotatable bonds is 6. The van der Waals surface area contributed by atoms with Crippen LogP contribution in [0.25, 0.3) is 0 Å². The highest BCUT2D eigenvalue weighted by Crippen LogP contribution is 2.28. The van der Waals surface area contributed by atoms with Gasteiger partial charge >= 0.3 is 5.97 Å². The third-order valence-corrected chi connectivity index (χ3v) is 4.44. The van der Waals surface area contributed by atoms with Crippen LogP contribution in [0, 0.1) is 9.49 Å². The van der Waals surface area contributed by atoms with Crippen LogP contribution in [0.3, 0.4) is 0 Å². The Kier molecular flexibility index (Phi) is 6.48. The number of hydrogen-bond donors (Lipinski definition) is 1. The number of carbonyl (C=O) groups excluding carboxylic acids is 2. The van der Waals surface area contributed by atoms with Crippen LogP contribution in [-0.4, -0.2) is 18.5 Å². The van der Waals surface area contributed by atoms with E-state index in [-0.39, 0.29) is 18.5 Å². The molecule has 114 valence electrons. The van der Waals surface area contributed by atoms with Crippen LogP contribution in [0.1, 0.15) is 38.5 Å². The van der Waals surface area contributed by atoms with Crippen molar-refractivity contribution in [1.82, 2.24) is 0 Å². The predicted molar refractivity (Wildman–Crippen MR) is 89.9 cm³/mol. The fourth-order valence-corrected chi connectivity index (χ4v) is 2.93. The molecule has 4 nitrogen and oxygen atoms in total. The number of hydrogen-bond acceptors (Lipinski definition) is 3. The summed E-state index contributed by atoms with van der Waals surface area (Å²) in [4.78, 5) is 23.3. The SMILES string of the molecule is O=C(COC(=O)CCC1CCCC1)Nc1ccc(I)cc1. The van der Waals surface area contributed by atoms with E-state index in [2.05, 4.69) is 27.9 Å². The lowest BCUT2D eigenvalue weighted by Gasteiger charge is -2.09. The van der Waals surface area contributed by atoms with Gasteiger partial charge in [-0.2, -0.15) is 0 Å². The summed E-state index contributed by atoms with van der Waals surface area (Å²) < 4.78 is 6.11. The van der Waals surface area contributed by atoms with Crippen molar-refractivity contribution in [1.29, 1.82) is 0 Å². The molecule has 0 unspecified atom stereocenters. The second-order valence-corrected chi connectivity index (χ2v) is 6.65. The smallest absolute Gasteiger partial charge is 0.306 e. The van der Waals surface area contributed by atoms with Crippen LogP contribution >= 0.6 is 22.6 Å². The summed E-state index contributed by atoms with van der Waals surface area (Å²) in [6, 6.07) is 7.46. The lowest BCUT2D eigenvalue weighted by Crippen LogP contribution is -2.21. The zero-order chi connectivity index (χ0) is 15.1. The molecule has 5 heteroatoms. The maximum Gasteiger partial charge on any atom is 0.306 e. The molecule has 0 heterocycles. The second-order valence-electron chi connectivity index (χ2n) is 5.40. The number of ether oxygens (including phenoxy) is 1. The van der Waals surface area contributed by atoms with Gasteiger partial charge in [-0.25, -0.2) is 0 Å². The average Bonchev–Trinajstić information content (AvgIpc) is 2.99. The van der Waals surface area contributed by atoms with Crippen LogP contribution in [0.5, 0.6) is 0 Å². The molecule has 1 amide bonds. The number of halogens is 1. The molecule has 1 aliphatic rings. The maximum atomic E-state index is 11.7. The minimum atomic E-state index is -0.301. The third-order valence-electron chi connectivity index (χ3n) is 3.72. The Bertz CT molecular complexity index is 481. The Morgan fingerprint density at radius 3 is 2.52 bits per heavy atom. The van der Waals surface area contributed by atoms with E-state index in [1.54, 1.807) is 0 Å². The van der Waals surface area contributed by atoms with Gasteiger partial charge in [-0.15, -0.1) is 0 Å². The van der Waals surface area contributed by atoms with E-state index in [0.29, 0.717) is 18.0 Å². The summed E-state index contributed by atoms with van der Waals surface area (Å²) in [6.45, 7) is -0.213. The molecule has 1 fully saturated rings. The first kappa shape index (κ1) is 16.3. The Hall–Kier alpha value is -1.11. The molecule has 0 spiro atoms. The maximum absolute atomic E-state index is 11.7. The van der Waals surface area contributed by atoms with Gasteiger partial charge < -0.3 is 10.1 Å². The predicted octanol–water partition coefficient (Wildman–Crippen LogP) is 3.74. The highest BCUT2D eigenvalue weighted by atomic mass is 127. The summed E-state index contributed by atoms with van der Waals surface area (Å²) in [7, 11) is 0. The topological polar surface area (TPSA) is 55.4 Å². The highest BCUT2D eigenvalue weighted by Gasteiger charge is 2.17. The molecule has 1 N–H and O–H groups in total. The molecule has 1 aliphatic carbocycles. The number of benzene rings is 1. The Morgan fingerprint density at radius 1 is 1.19 bits per heavy atom. The van der Waals surface area contributed by atoms with E-state index in [4.69, 9.17) is 4.74 Å². The van der Waals surface area contributed by atoms with E-state index >= 15 is 0 Å². The zero-order valence-corrected chi connectivity index (χ0v) is 14.1. The van der Waals surface area contributed by atoms with E-state index in [1.807, 2.05) is 24.3 Å². The van der Waals surface area contributed by atoms with Crippen LogP contribution in [0.15, 0.2) is 24.3 Å². The summed E-state index contributed by atoms with van der Waals surface area (Å²) >= 11 is 2.20. The van der Waals surface area contributed by atoms with Crippen molar-refractivity contribution in [2.24, 2.45) is 5.92 Å². The van der Waals surface area contributed by atoms with Gasteiger partial charge in [0, 0.05) is 15.7 Å². The molecule has 2 rings (SSSR count). The highest BCUT2D eigenvalue weighted by molar-refractivity contribution is 14.1. The van der Waals surface area contributed by atoms with Gasteiger partial charge in [0.25, 0.3) is 5.91 Å². The molecule has 1 aromatic rings. The van der Waals surface area contributed by atoms with Crippen LogP contribution < -0.4 is 5.32 Å². The Labute approximate surface area is 138 Å². The van der Waals surface area contributed by atoms with Crippen molar-refractivity contribution in [3.05, 3.63) is 27.8 Å². The summed E-state index contributed by atoms with van der Waals surface area (Å²) in [5.74, 6) is 0.0863. The summed E-state index contributed by atoms with van der Waals surface area (Å²) in [6.07, 6.45) is 6.30. The third kappa shape index (κ3) is 6.03. The standard InChI is InChI=1S/C16H20INO3/c17-13-6-8-14(9-7-13)18-15(19)11-21-16(20)10-5-12-3-1-2-4-12/h6-9,12H,1-5,10-11H2,(H,18,19). The molecule has 0 aliphatic heterocycles. The molecule has 1 aromatic carbocycles. The monoisotopic (exact) mass is 401 g/mol. The summed E-state index contributed by atoms with van der Waals surface area (Å²) in [5, 5.41) is 2.70. The number of amides is 1. The quantitative estimate of drug-likeness (QED) is 0.584. The Balaban J connectivity index is 1.63. The van der Waals surface area contributed by atoms with Crippen molar-refractivity contribution < 1.29 is 14.3 Å². The first-order valence-corrected chi connectivity index (χ1v) is 8.42. The van der Waals surface area contributed by atoms with Crippen LogP contribution in [0.2, 0.25) is 0 Å². The van der Waals surface area contributed by atoms with Crippen LogP contribution in [-0.2, 0) is 14.3 Å². The van der Waals surface area contributed by atoms with Crippen molar-refractivity contribution in [2.75, 3.05) is 11.9 Å². The molecule has 0 bridgehead atoms. The molecular formula is C16H20INO3. The van der Waals surface area contributed by atoms with E-state index < -0.39 is 0 Å².